The van der Waals surface area contributed by atoms with E-state index in [1.54, 1.807) is 25.1 Å². The molecule has 1 aliphatic rings. The maximum Gasteiger partial charge on any atom is 0.373 e. The van der Waals surface area contributed by atoms with E-state index in [1.165, 1.54) is 36.4 Å². The van der Waals surface area contributed by atoms with Crippen molar-refractivity contribution in [2.75, 3.05) is 0 Å². The number of carbonyl (C=O) groups is 1. The first-order valence-corrected chi connectivity index (χ1v) is 9.11. The molecule has 1 unspecified atom stereocenters. The van der Waals surface area contributed by atoms with Crippen molar-refractivity contribution in [2.45, 2.75) is 18.7 Å². The molecule has 3 rings (SSSR count). The Morgan fingerprint density at radius 3 is 2.46 bits per heavy atom. The Labute approximate surface area is 165 Å². The summed E-state index contributed by atoms with van der Waals surface area (Å²) in [5.74, 6) is -2.76. The van der Waals surface area contributed by atoms with E-state index in [0.717, 1.165) is 5.56 Å². The van der Waals surface area contributed by atoms with Gasteiger partial charge in [-0.25, -0.2) is 0 Å². The monoisotopic (exact) mass is 406 g/mol. The standard InChI is InChI=1S/C18H17NO5S.CO2/c1-12-6-5-9-14(10-12)16-15(20)17(18(19)23-16)24-25(21,22)11-13-7-3-2-4-8-13;2-1-3/h2-10,16H,11,19H2,1H3;/i11D2,16D;. The van der Waals surface area contributed by atoms with Gasteiger partial charge in [-0.05, 0) is 12.5 Å². The van der Waals surface area contributed by atoms with Crippen LogP contribution in [0.5, 0.6) is 0 Å². The molecule has 0 aromatic heterocycles. The first-order valence-electron chi connectivity index (χ1n) is 9.20. The number of benzene rings is 2. The molecule has 0 radical (unpaired) electrons. The SMILES string of the molecule is O=C=O.[2H]C1(c2cccc(C)c2)OC(N)=C(OS(=O)(=O)C([2H])([2H])c2ccccc2)C1=O. The van der Waals surface area contributed by atoms with E-state index in [4.69, 9.17) is 28.4 Å². The average molecular weight is 406 g/mol. The number of hydrogen-bond donors (Lipinski definition) is 1. The van der Waals surface area contributed by atoms with Crippen molar-refractivity contribution < 1.29 is 35.8 Å². The maximum atomic E-state index is 12.7. The van der Waals surface area contributed by atoms with Crippen LogP contribution in [0.1, 0.15) is 26.9 Å². The summed E-state index contributed by atoms with van der Waals surface area (Å²) in [6, 6.07) is 13.4. The van der Waals surface area contributed by atoms with Gasteiger partial charge in [-0.3, -0.25) is 4.79 Å². The molecule has 0 amide bonds. The fourth-order valence-electron chi connectivity index (χ4n) is 2.25. The lowest BCUT2D eigenvalue weighted by atomic mass is 10.0. The molecular formula is C19H17NO7S. The molecule has 0 saturated carbocycles. The number of ketones is 1. The predicted octanol–water partition coefficient (Wildman–Crippen LogP) is 1.73. The predicted molar refractivity (Wildman–Crippen MR) is 96.4 cm³/mol. The van der Waals surface area contributed by atoms with Crippen molar-refractivity contribution in [1.82, 2.24) is 0 Å². The van der Waals surface area contributed by atoms with Crippen molar-refractivity contribution in [3.05, 3.63) is 82.9 Å². The third-order valence-corrected chi connectivity index (χ3v) is 4.21. The second-order valence-corrected chi connectivity index (χ2v) is 6.69. The Hall–Kier alpha value is -3.42. The lowest BCUT2D eigenvalue weighted by Crippen LogP contribution is -2.16. The quantitative estimate of drug-likeness (QED) is 0.743. The van der Waals surface area contributed by atoms with Crippen LogP contribution in [0.25, 0.3) is 0 Å². The van der Waals surface area contributed by atoms with Gasteiger partial charge < -0.3 is 14.7 Å². The highest BCUT2D eigenvalue weighted by molar-refractivity contribution is 7.86. The minimum atomic E-state index is -4.99. The van der Waals surface area contributed by atoms with E-state index in [9.17, 15) is 13.2 Å². The molecular weight excluding hydrogens is 386 g/mol. The summed E-state index contributed by atoms with van der Waals surface area (Å²) in [7, 11) is -4.99. The van der Waals surface area contributed by atoms with Crippen LogP contribution in [0, 0.1) is 6.92 Å². The summed E-state index contributed by atoms with van der Waals surface area (Å²) in [4.78, 5) is 29.0. The van der Waals surface area contributed by atoms with E-state index in [2.05, 4.69) is 0 Å². The summed E-state index contributed by atoms with van der Waals surface area (Å²) in [5, 5.41) is 0. The van der Waals surface area contributed by atoms with Crippen LogP contribution in [0.15, 0.2) is 66.2 Å². The Morgan fingerprint density at radius 1 is 1.21 bits per heavy atom. The second-order valence-electron chi connectivity index (χ2n) is 5.41. The van der Waals surface area contributed by atoms with E-state index in [0.29, 0.717) is 0 Å². The zero-order valence-corrected chi connectivity index (χ0v) is 15.4. The summed E-state index contributed by atoms with van der Waals surface area (Å²) in [6.07, 6.45) is -2.07. The van der Waals surface area contributed by atoms with Crippen LogP contribution in [0.2, 0.25) is 0 Å². The van der Waals surface area contributed by atoms with Crippen molar-refractivity contribution in [1.29, 1.82) is 0 Å². The molecule has 0 bridgehead atoms. The molecule has 146 valence electrons. The van der Waals surface area contributed by atoms with Gasteiger partial charge in [-0.1, -0.05) is 60.2 Å². The number of carbonyl (C=O) groups excluding carboxylic acids is 3. The van der Waals surface area contributed by atoms with E-state index >= 15 is 0 Å². The molecule has 28 heavy (non-hydrogen) atoms. The minimum Gasteiger partial charge on any atom is -0.460 e. The number of Topliss-reactive ketones (excluding diaryl/α,β-unsaturated/α-hetero) is 1. The van der Waals surface area contributed by atoms with Crippen LogP contribution in [0.4, 0.5) is 0 Å². The fourth-order valence-corrected chi connectivity index (χ4v) is 3.10. The van der Waals surface area contributed by atoms with Gasteiger partial charge in [0.2, 0.25) is 17.4 Å². The third-order valence-electron chi connectivity index (χ3n) is 3.34. The molecule has 8 nitrogen and oxygen atoms in total. The van der Waals surface area contributed by atoms with Crippen LogP contribution in [0.3, 0.4) is 0 Å². The molecule has 2 aromatic carbocycles. The van der Waals surface area contributed by atoms with Gasteiger partial charge in [0.15, 0.2) is 6.08 Å². The Bertz CT molecular complexity index is 1160. The molecule has 2 aromatic rings. The lowest BCUT2D eigenvalue weighted by Gasteiger charge is -2.10. The van der Waals surface area contributed by atoms with Gasteiger partial charge in [0.25, 0.3) is 0 Å². The zero-order chi connectivity index (χ0) is 23.4. The average Bonchev–Trinajstić information content (AvgIpc) is 2.93. The summed E-state index contributed by atoms with van der Waals surface area (Å²) in [5.41, 5.74) is 3.36. The molecule has 0 spiro atoms. The van der Waals surface area contributed by atoms with E-state index in [1.807, 2.05) is 0 Å². The number of rotatable bonds is 5. The van der Waals surface area contributed by atoms with Crippen LogP contribution >= 0.6 is 0 Å². The number of ether oxygens (including phenoxy) is 1. The first kappa shape index (κ1) is 16.7. The molecule has 1 heterocycles. The molecule has 0 fully saturated rings. The highest BCUT2D eigenvalue weighted by atomic mass is 32.2. The second kappa shape index (κ2) is 8.98. The Morgan fingerprint density at radius 2 is 1.86 bits per heavy atom. The van der Waals surface area contributed by atoms with Crippen molar-refractivity contribution >= 4 is 22.1 Å². The summed E-state index contributed by atoms with van der Waals surface area (Å²) in [6.45, 7) is 1.75. The maximum absolute atomic E-state index is 12.7. The van der Waals surface area contributed by atoms with Gasteiger partial charge in [-0.2, -0.15) is 18.0 Å². The van der Waals surface area contributed by atoms with Crippen LogP contribution in [-0.4, -0.2) is 20.4 Å². The topological polar surface area (TPSA) is 130 Å². The van der Waals surface area contributed by atoms with Crippen LogP contribution in [-0.2, 0) is 39.1 Å². The summed E-state index contributed by atoms with van der Waals surface area (Å²) < 4.78 is 59.2. The fraction of sp³-hybridized carbons (Fsp3) is 0.158. The highest BCUT2D eigenvalue weighted by Gasteiger charge is 2.39. The van der Waals surface area contributed by atoms with E-state index in [-0.39, 0.29) is 17.3 Å². The number of hydrogen-bond acceptors (Lipinski definition) is 8. The van der Waals surface area contributed by atoms with E-state index < -0.39 is 39.3 Å². The molecule has 2 N–H and O–H groups in total. The summed E-state index contributed by atoms with van der Waals surface area (Å²) >= 11 is 0. The highest BCUT2D eigenvalue weighted by Crippen LogP contribution is 2.33. The smallest absolute Gasteiger partial charge is 0.373 e. The Balaban J connectivity index is 0.00000107. The van der Waals surface area contributed by atoms with Gasteiger partial charge in [0, 0.05) is 5.56 Å². The van der Waals surface area contributed by atoms with Crippen molar-refractivity contribution in [3.8, 4) is 0 Å². The van der Waals surface area contributed by atoms with Gasteiger partial charge in [-0.15, -0.1) is 0 Å². The zero-order valence-electron chi connectivity index (χ0n) is 17.5. The van der Waals surface area contributed by atoms with Gasteiger partial charge in [0.1, 0.15) is 5.70 Å². The largest absolute Gasteiger partial charge is 0.460 e. The molecule has 0 aliphatic carbocycles. The molecule has 9 heteroatoms. The molecule has 1 aliphatic heterocycles. The van der Waals surface area contributed by atoms with Crippen LogP contribution < -0.4 is 5.73 Å². The Kier molecular flexibility index (Phi) is 5.37. The van der Waals surface area contributed by atoms with Crippen molar-refractivity contribution in [2.24, 2.45) is 5.73 Å². The number of aryl methyl sites for hydroxylation is 1. The van der Waals surface area contributed by atoms with Gasteiger partial charge >= 0.3 is 16.3 Å². The minimum absolute atomic E-state index is 0.141. The first-order chi connectivity index (χ1) is 14.4. The number of nitrogens with two attached hydrogens (primary N) is 1. The third kappa shape index (κ3) is 5.29. The van der Waals surface area contributed by atoms with Gasteiger partial charge in [0.05, 0.1) is 4.11 Å². The van der Waals surface area contributed by atoms with Crippen molar-refractivity contribution in [3.63, 3.8) is 0 Å². The molecule has 0 saturated heterocycles. The molecule has 1 atom stereocenters. The normalized spacial score (nSPS) is 20.6. The lowest BCUT2D eigenvalue weighted by molar-refractivity contribution is -0.191.